The van der Waals surface area contributed by atoms with Crippen molar-refractivity contribution in [2.45, 2.75) is 58.0 Å². The van der Waals surface area contributed by atoms with Crippen molar-refractivity contribution >= 4 is 19.4 Å². The summed E-state index contributed by atoms with van der Waals surface area (Å²) in [5.74, 6) is -0.400. The predicted molar refractivity (Wildman–Crippen MR) is 98.1 cm³/mol. The molecule has 0 aliphatic rings. The zero-order valence-corrected chi connectivity index (χ0v) is 15.8. The maximum atomic E-state index is 12.9. The van der Waals surface area contributed by atoms with E-state index in [1.165, 1.54) is 0 Å². The lowest BCUT2D eigenvalue weighted by molar-refractivity contribution is -0.121. The summed E-state index contributed by atoms with van der Waals surface area (Å²) in [6.07, 6.45) is 4.78. The van der Waals surface area contributed by atoms with E-state index in [1.54, 1.807) is 4.90 Å². The second kappa shape index (κ2) is 10.7. The molecule has 1 aromatic carbocycles. The van der Waals surface area contributed by atoms with Crippen LogP contribution in [0.4, 0.5) is 5.69 Å². The predicted octanol–water partition coefficient (Wildman–Crippen LogP) is 2.82. The highest BCUT2D eigenvalue weighted by molar-refractivity contribution is 7.46. The van der Waals surface area contributed by atoms with Crippen LogP contribution in [0.25, 0.3) is 0 Å². The molecule has 142 valence electrons. The second-order valence-electron chi connectivity index (χ2n) is 5.99. The van der Waals surface area contributed by atoms with Gasteiger partial charge in [-0.15, -0.1) is 0 Å². The molecular weight excluding hydrogens is 343 g/mol. The van der Waals surface area contributed by atoms with Gasteiger partial charge in [0.1, 0.15) is 6.04 Å². The number of nitrogens with zero attached hydrogens (tertiary/aromatic N) is 1. The minimum atomic E-state index is -4.66. The SMILES string of the molecule is CCCCCC(CC)N(C(=O)C(N)COP(=O)(O)O)c1ccccc1. The van der Waals surface area contributed by atoms with Gasteiger partial charge < -0.3 is 20.4 Å². The summed E-state index contributed by atoms with van der Waals surface area (Å²) in [4.78, 5) is 32.1. The highest BCUT2D eigenvalue weighted by Gasteiger charge is 2.29. The molecule has 8 heteroatoms. The molecule has 0 aliphatic heterocycles. The Labute approximate surface area is 149 Å². The smallest absolute Gasteiger partial charge is 0.318 e. The first kappa shape index (κ1) is 21.8. The molecule has 0 saturated carbocycles. The van der Waals surface area contributed by atoms with E-state index in [2.05, 4.69) is 11.4 Å². The van der Waals surface area contributed by atoms with Crippen molar-refractivity contribution < 1.29 is 23.7 Å². The van der Waals surface area contributed by atoms with Gasteiger partial charge in [-0.3, -0.25) is 9.32 Å². The molecule has 0 aliphatic carbocycles. The summed E-state index contributed by atoms with van der Waals surface area (Å²) in [5.41, 5.74) is 6.57. The minimum absolute atomic E-state index is 0.0254. The first-order valence-electron chi connectivity index (χ1n) is 8.64. The van der Waals surface area contributed by atoms with Crippen molar-refractivity contribution in [1.29, 1.82) is 0 Å². The number of carbonyl (C=O) groups is 1. The van der Waals surface area contributed by atoms with Crippen molar-refractivity contribution in [3.8, 4) is 0 Å². The van der Waals surface area contributed by atoms with Crippen LogP contribution < -0.4 is 10.6 Å². The topological polar surface area (TPSA) is 113 Å². The summed E-state index contributed by atoms with van der Waals surface area (Å²) >= 11 is 0. The molecule has 1 amide bonds. The molecule has 0 spiro atoms. The lowest BCUT2D eigenvalue weighted by Crippen LogP contribution is -2.50. The third-order valence-electron chi connectivity index (χ3n) is 3.99. The average Bonchev–Trinajstić information content (AvgIpc) is 2.58. The van der Waals surface area contributed by atoms with Gasteiger partial charge in [0.15, 0.2) is 0 Å². The largest absolute Gasteiger partial charge is 0.469 e. The Balaban J connectivity index is 2.96. The number of benzene rings is 1. The molecule has 2 unspecified atom stereocenters. The lowest BCUT2D eigenvalue weighted by atomic mass is 10.0. The second-order valence-corrected chi connectivity index (χ2v) is 7.23. The zero-order valence-electron chi connectivity index (χ0n) is 14.9. The van der Waals surface area contributed by atoms with E-state index in [4.69, 9.17) is 15.5 Å². The molecule has 0 fully saturated rings. The van der Waals surface area contributed by atoms with Crippen molar-refractivity contribution in [3.05, 3.63) is 30.3 Å². The number of phosphoric acid groups is 1. The molecule has 0 bridgehead atoms. The first-order valence-corrected chi connectivity index (χ1v) is 10.2. The minimum Gasteiger partial charge on any atom is -0.318 e. The van der Waals surface area contributed by atoms with Gasteiger partial charge in [0.2, 0.25) is 5.91 Å². The maximum Gasteiger partial charge on any atom is 0.469 e. The van der Waals surface area contributed by atoms with Gasteiger partial charge in [0.25, 0.3) is 0 Å². The molecule has 25 heavy (non-hydrogen) atoms. The van der Waals surface area contributed by atoms with Crippen molar-refractivity contribution in [2.24, 2.45) is 5.73 Å². The third kappa shape index (κ3) is 7.67. The molecule has 0 heterocycles. The van der Waals surface area contributed by atoms with Gasteiger partial charge in [-0.1, -0.05) is 51.3 Å². The van der Waals surface area contributed by atoms with E-state index in [0.29, 0.717) is 0 Å². The molecule has 2 atom stereocenters. The fourth-order valence-corrected chi connectivity index (χ4v) is 3.03. The lowest BCUT2D eigenvalue weighted by Gasteiger charge is -2.33. The van der Waals surface area contributed by atoms with Crippen LogP contribution in [-0.2, 0) is 13.9 Å². The van der Waals surface area contributed by atoms with Crippen LogP contribution in [0.5, 0.6) is 0 Å². The molecule has 0 radical (unpaired) electrons. The summed E-state index contributed by atoms with van der Waals surface area (Å²) < 4.78 is 15.3. The molecule has 7 nitrogen and oxygen atoms in total. The Morgan fingerprint density at radius 3 is 2.40 bits per heavy atom. The van der Waals surface area contributed by atoms with Crippen LogP contribution in [0.15, 0.2) is 30.3 Å². The maximum absolute atomic E-state index is 12.9. The molecule has 4 N–H and O–H groups in total. The third-order valence-corrected chi connectivity index (χ3v) is 4.47. The van der Waals surface area contributed by atoms with Crippen LogP contribution >= 0.6 is 7.82 Å². The Bertz CT molecular complexity index is 563. The van der Waals surface area contributed by atoms with Gasteiger partial charge in [0, 0.05) is 11.7 Å². The number of para-hydroxylation sites is 1. The molecule has 0 aromatic heterocycles. The number of phosphoric ester groups is 1. The van der Waals surface area contributed by atoms with Crippen LogP contribution in [0, 0.1) is 0 Å². The van der Waals surface area contributed by atoms with Crippen LogP contribution in [0.2, 0.25) is 0 Å². The number of hydrogen-bond acceptors (Lipinski definition) is 4. The van der Waals surface area contributed by atoms with Crippen LogP contribution in [0.3, 0.4) is 0 Å². The number of carbonyl (C=O) groups excluding carboxylic acids is 1. The van der Waals surface area contributed by atoms with Crippen molar-refractivity contribution in [3.63, 3.8) is 0 Å². The monoisotopic (exact) mass is 372 g/mol. The molecule has 0 saturated heterocycles. The van der Waals surface area contributed by atoms with Gasteiger partial charge in [-0.25, -0.2) is 4.57 Å². The van der Waals surface area contributed by atoms with Crippen molar-refractivity contribution in [2.75, 3.05) is 11.5 Å². The van der Waals surface area contributed by atoms with Crippen LogP contribution in [-0.4, -0.2) is 34.4 Å². The van der Waals surface area contributed by atoms with Crippen molar-refractivity contribution in [1.82, 2.24) is 0 Å². The summed E-state index contributed by atoms with van der Waals surface area (Å²) in [5, 5.41) is 0. The number of anilines is 1. The Morgan fingerprint density at radius 1 is 1.24 bits per heavy atom. The number of nitrogens with two attached hydrogens (primary N) is 1. The quantitative estimate of drug-likeness (QED) is 0.407. The zero-order chi connectivity index (χ0) is 18.9. The highest BCUT2D eigenvalue weighted by atomic mass is 31.2. The first-order chi connectivity index (χ1) is 11.8. The van der Waals surface area contributed by atoms with Gasteiger partial charge >= 0.3 is 7.82 Å². The fourth-order valence-electron chi connectivity index (χ4n) is 2.68. The summed E-state index contributed by atoms with van der Waals surface area (Å²) in [6, 6.07) is 8.03. The van der Waals surface area contributed by atoms with Gasteiger partial charge in [0.05, 0.1) is 6.61 Å². The Kier molecular flexibility index (Phi) is 9.32. The van der Waals surface area contributed by atoms with E-state index in [9.17, 15) is 9.36 Å². The standard InChI is InChI=1S/C17H29N2O5P/c1-3-5-7-10-14(4-2)19(15-11-8-6-9-12-15)17(20)16(18)13-24-25(21,22)23/h6,8-9,11-12,14,16H,3-5,7,10,13,18H2,1-2H3,(H2,21,22,23). The number of rotatable bonds is 11. The molecular formula is C17H29N2O5P. The Hall–Kier alpha value is -1.24. The van der Waals surface area contributed by atoms with E-state index < -0.39 is 26.4 Å². The number of hydrogen-bond donors (Lipinski definition) is 3. The average molecular weight is 372 g/mol. The molecule has 1 rings (SSSR count). The molecule has 1 aromatic rings. The fraction of sp³-hybridized carbons (Fsp3) is 0.588. The summed E-state index contributed by atoms with van der Waals surface area (Å²) in [6.45, 7) is 3.60. The van der Waals surface area contributed by atoms with E-state index >= 15 is 0 Å². The Morgan fingerprint density at radius 2 is 1.88 bits per heavy atom. The van der Waals surface area contributed by atoms with E-state index in [-0.39, 0.29) is 6.04 Å². The van der Waals surface area contributed by atoms with E-state index in [0.717, 1.165) is 37.8 Å². The normalized spacial score (nSPS) is 14.1. The van der Waals surface area contributed by atoms with Crippen LogP contribution in [0.1, 0.15) is 46.0 Å². The van der Waals surface area contributed by atoms with Gasteiger partial charge in [-0.2, -0.15) is 0 Å². The van der Waals surface area contributed by atoms with Gasteiger partial charge in [-0.05, 0) is 25.0 Å². The summed E-state index contributed by atoms with van der Waals surface area (Å²) in [7, 11) is -4.66. The highest BCUT2D eigenvalue weighted by Crippen LogP contribution is 2.35. The number of amides is 1. The number of unbranched alkanes of at least 4 members (excludes halogenated alkanes) is 2. The van der Waals surface area contributed by atoms with E-state index in [1.807, 2.05) is 37.3 Å².